The lowest BCUT2D eigenvalue weighted by Crippen LogP contribution is -2.53. The Balaban J connectivity index is 1.14. The summed E-state index contributed by atoms with van der Waals surface area (Å²) >= 11 is 1.44. The van der Waals surface area contributed by atoms with Crippen molar-refractivity contribution < 1.29 is 4.79 Å². The molecular weight excluding hydrogens is 514 g/mol. The molecule has 6 nitrogen and oxygen atoms in total. The first-order valence-electron chi connectivity index (χ1n) is 13.3. The van der Waals surface area contributed by atoms with Gasteiger partial charge in [0, 0.05) is 54.1 Å². The summed E-state index contributed by atoms with van der Waals surface area (Å²) in [5.41, 5.74) is 6.84. The predicted octanol–water partition coefficient (Wildman–Crippen LogP) is 6.79. The van der Waals surface area contributed by atoms with Crippen LogP contribution in [-0.4, -0.2) is 20.7 Å². The molecule has 1 atom stereocenters. The molecule has 1 unspecified atom stereocenters. The maximum absolute atomic E-state index is 14.0. The fraction of sp³-hybridized carbons (Fsp3) is 0.212. The van der Waals surface area contributed by atoms with E-state index in [2.05, 4.69) is 63.8 Å². The number of carbonyl (C=O) groups excluding carboxylic acids is 1. The number of aryl methyl sites for hydroxylation is 1. The molecule has 1 N–H and O–H groups in total. The number of thiazole rings is 1. The molecule has 40 heavy (non-hydrogen) atoms. The molecule has 8 rings (SSSR count). The van der Waals surface area contributed by atoms with Crippen molar-refractivity contribution in [3.05, 3.63) is 135 Å². The molecule has 2 bridgehead atoms. The molecule has 0 radical (unpaired) electrons. The van der Waals surface area contributed by atoms with Crippen molar-refractivity contribution in [1.29, 1.82) is 0 Å². The van der Waals surface area contributed by atoms with Crippen LogP contribution in [0.1, 0.15) is 52.8 Å². The first kappa shape index (κ1) is 24.5. The summed E-state index contributed by atoms with van der Waals surface area (Å²) in [5.74, 6) is -0.211. The van der Waals surface area contributed by atoms with Crippen molar-refractivity contribution >= 4 is 22.4 Å². The van der Waals surface area contributed by atoms with Crippen molar-refractivity contribution in [2.24, 2.45) is 12.5 Å². The third-order valence-corrected chi connectivity index (χ3v) is 9.36. The number of fused-ring (bicyclic) bond motifs is 1. The largest absolute Gasteiger partial charge is 0.301 e. The number of benzene rings is 3. The summed E-state index contributed by atoms with van der Waals surface area (Å²) < 4.78 is 1.80. The highest BCUT2D eigenvalue weighted by molar-refractivity contribution is 7.13. The molecule has 3 aliphatic carbocycles. The second-order valence-corrected chi connectivity index (χ2v) is 11.9. The van der Waals surface area contributed by atoms with Gasteiger partial charge >= 0.3 is 0 Å². The highest BCUT2D eigenvalue weighted by Gasteiger charge is 2.64. The minimum Gasteiger partial charge on any atom is -0.301 e. The van der Waals surface area contributed by atoms with Crippen LogP contribution in [0.5, 0.6) is 0 Å². The van der Waals surface area contributed by atoms with Crippen LogP contribution < -0.4 is 5.32 Å². The fourth-order valence-corrected chi connectivity index (χ4v) is 7.43. The van der Waals surface area contributed by atoms with E-state index in [4.69, 9.17) is 11.6 Å². The Hall–Kier alpha value is -4.54. The van der Waals surface area contributed by atoms with Gasteiger partial charge < -0.3 is 5.32 Å². The summed E-state index contributed by atoms with van der Waals surface area (Å²) in [6.07, 6.45) is 4.98. The van der Waals surface area contributed by atoms with Gasteiger partial charge in [-0.25, -0.2) is 11.6 Å². The van der Waals surface area contributed by atoms with Crippen molar-refractivity contribution in [1.82, 2.24) is 14.8 Å². The van der Waals surface area contributed by atoms with Crippen molar-refractivity contribution in [2.75, 3.05) is 5.32 Å². The standard InChI is InChI=1S/C33H27N5OS/c1-32(20-33(34-2)27-10-6-4-8-25(27)29(32)26-9-5-7-11-28(26)33)30(39)37-31-36-24(19-40-31)16-21-12-14-22(15-13-21)23-17-35-38(3)18-23/h4-15,17-19,29H,16,20H2,1,3H3,(H,36,37,39). The second kappa shape index (κ2) is 9.00. The monoisotopic (exact) mass is 541 g/mol. The van der Waals surface area contributed by atoms with Crippen molar-refractivity contribution in [3.63, 3.8) is 0 Å². The minimum absolute atomic E-state index is 0.0868. The molecule has 5 aromatic rings. The van der Waals surface area contributed by atoms with E-state index in [0.29, 0.717) is 18.0 Å². The van der Waals surface area contributed by atoms with E-state index in [1.165, 1.54) is 11.3 Å². The van der Waals surface area contributed by atoms with Crippen LogP contribution in [0.15, 0.2) is 90.6 Å². The molecule has 2 heterocycles. The van der Waals surface area contributed by atoms with Gasteiger partial charge in [0.25, 0.3) is 5.54 Å². The van der Waals surface area contributed by atoms with Crippen LogP contribution in [0.4, 0.5) is 5.13 Å². The third kappa shape index (κ3) is 3.64. The second-order valence-electron chi connectivity index (χ2n) is 11.0. The molecule has 1 amide bonds. The lowest BCUT2D eigenvalue weighted by atomic mass is 9.49. The van der Waals surface area contributed by atoms with Crippen LogP contribution in [-0.2, 0) is 23.8 Å². The van der Waals surface area contributed by atoms with E-state index in [0.717, 1.165) is 44.6 Å². The minimum atomic E-state index is -0.871. The van der Waals surface area contributed by atoms with Gasteiger partial charge in [-0.15, -0.1) is 11.3 Å². The van der Waals surface area contributed by atoms with Gasteiger partial charge in [-0.3, -0.25) is 14.3 Å². The number of rotatable bonds is 5. The molecule has 7 heteroatoms. The van der Waals surface area contributed by atoms with Crippen LogP contribution in [0.3, 0.4) is 0 Å². The number of carbonyl (C=O) groups is 1. The van der Waals surface area contributed by atoms with Crippen LogP contribution in [0, 0.1) is 12.0 Å². The van der Waals surface area contributed by atoms with Gasteiger partial charge in [0.05, 0.1) is 17.3 Å². The summed E-state index contributed by atoms with van der Waals surface area (Å²) in [5, 5.41) is 9.98. The normalized spacial score (nSPS) is 22.3. The maximum atomic E-state index is 14.0. The smallest absolute Gasteiger partial charge is 0.284 e. The van der Waals surface area contributed by atoms with Gasteiger partial charge in [0.1, 0.15) is 0 Å². The van der Waals surface area contributed by atoms with E-state index < -0.39 is 11.0 Å². The van der Waals surface area contributed by atoms with E-state index in [9.17, 15) is 4.79 Å². The summed E-state index contributed by atoms with van der Waals surface area (Å²) in [6.45, 7) is 10.3. The number of nitrogens with zero attached hydrogens (tertiary/aromatic N) is 4. The van der Waals surface area contributed by atoms with Crippen LogP contribution >= 0.6 is 11.3 Å². The van der Waals surface area contributed by atoms with E-state index >= 15 is 0 Å². The summed E-state index contributed by atoms with van der Waals surface area (Å²) in [6, 6.07) is 24.7. The van der Waals surface area contributed by atoms with E-state index in [1.54, 1.807) is 4.68 Å². The molecule has 0 saturated carbocycles. The zero-order valence-corrected chi connectivity index (χ0v) is 23.1. The number of aromatic nitrogens is 3. The Labute approximate surface area is 237 Å². The number of anilines is 1. The Kier molecular flexibility index (Phi) is 5.51. The highest BCUT2D eigenvalue weighted by Crippen LogP contribution is 2.64. The van der Waals surface area contributed by atoms with Gasteiger partial charge in [-0.2, -0.15) is 5.10 Å². The Bertz CT molecular complexity index is 1760. The number of amides is 1. The maximum Gasteiger partial charge on any atom is 0.284 e. The number of hydrogen-bond acceptors (Lipinski definition) is 4. The lowest BCUT2D eigenvalue weighted by Gasteiger charge is -2.51. The van der Waals surface area contributed by atoms with Crippen LogP contribution in [0.2, 0.25) is 0 Å². The Morgan fingerprint density at radius 3 is 2.35 bits per heavy atom. The predicted molar refractivity (Wildman–Crippen MR) is 157 cm³/mol. The van der Waals surface area contributed by atoms with E-state index in [1.807, 2.05) is 56.0 Å². The number of hydrogen-bond donors (Lipinski definition) is 1. The molecule has 2 aromatic heterocycles. The summed E-state index contributed by atoms with van der Waals surface area (Å²) in [4.78, 5) is 23.0. The Morgan fingerprint density at radius 2 is 1.73 bits per heavy atom. The quantitative estimate of drug-likeness (QED) is 0.249. The van der Waals surface area contributed by atoms with Gasteiger partial charge in [0.2, 0.25) is 5.91 Å². The molecule has 196 valence electrons. The highest BCUT2D eigenvalue weighted by atomic mass is 32.1. The lowest BCUT2D eigenvalue weighted by molar-refractivity contribution is -0.127. The van der Waals surface area contributed by atoms with Crippen molar-refractivity contribution in [3.8, 4) is 11.1 Å². The van der Waals surface area contributed by atoms with Gasteiger partial charge in [0.15, 0.2) is 5.13 Å². The molecular formula is C33H27N5OS. The molecule has 0 saturated heterocycles. The zero-order valence-electron chi connectivity index (χ0n) is 22.3. The van der Waals surface area contributed by atoms with Crippen LogP contribution in [0.25, 0.3) is 16.0 Å². The fourth-order valence-electron chi connectivity index (χ4n) is 6.73. The van der Waals surface area contributed by atoms with Crippen molar-refractivity contribution in [2.45, 2.75) is 31.2 Å². The Morgan fingerprint density at radius 1 is 1.05 bits per heavy atom. The summed E-state index contributed by atoms with van der Waals surface area (Å²) in [7, 11) is 1.91. The average molecular weight is 542 g/mol. The van der Waals surface area contributed by atoms with Gasteiger partial charge in [-0.05, 0) is 29.2 Å². The molecule has 3 aliphatic rings. The third-order valence-electron chi connectivity index (χ3n) is 8.55. The first-order valence-corrected chi connectivity index (χ1v) is 14.2. The van der Waals surface area contributed by atoms with E-state index in [-0.39, 0.29) is 11.8 Å². The number of nitrogens with one attached hydrogen (secondary N) is 1. The molecule has 0 fully saturated rings. The zero-order chi connectivity index (χ0) is 27.5. The average Bonchev–Trinajstić information content (AvgIpc) is 3.62. The van der Waals surface area contributed by atoms with Gasteiger partial charge in [-0.1, -0.05) is 72.8 Å². The SMILES string of the molecule is [C-]#[N+]C12CC(C)(C(=O)Nc3nc(Cc4ccc(-c5cnn(C)c5)cc4)cs3)C(c3ccccc31)c1ccccc12. The molecule has 3 aromatic carbocycles. The topological polar surface area (TPSA) is 64.2 Å². The molecule has 0 aliphatic heterocycles. The first-order chi connectivity index (χ1) is 19.4. The molecule has 0 spiro atoms.